The number of hydrogen-bond acceptors (Lipinski definition) is 2. The highest BCUT2D eigenvalue weighted by Crippen LogP contribution is 2.44. The largest absolute Gasteiger partial charge is 0.330 e. The van der Waals surface area contributed by atoms with Crippen molar-refractivity contribution in [3.05, 3.63) is 0 Å². The average molecular weight is 184 g/mol. The maximum Gasteiger partial charge on any atom is 0.0125 e. The molecule has 2 atom stereocenters. The van der Waals surface area contributed by atoms with E-state index in [1.165, 1.54) is 19.3 Å². The van der Waals surface area contributed by atoms with Crippen molar-refractivity contribution in [3.8, 4) is 0 Å². The number of nitrogens with two attached hydrogens (primary N) is 1. The molecule has 0 aromatic rings. The fourth-order valence-corrected chi connectivity index (χ4v) is 1.84. The van der Waals surface area contributed by atoms with Gasteiger partial charge in [0, 0.05) is 6.04 Å². The van der Waals surface area contributed by atoms with Crippen molar-refractivity contribution in [2.45, 2.75) is 46.1 Å². The first kappa shape index (κ1) is 11.0. The Morgan fingerprint density at radius 2 is 2.15 bits per heavy atom. The molecule has 1 aliphatic carbocycles. The Morgan fingerprint density at radius 3 is 2.54 bits per heavy atom. The van der Waals surface area contributed by atoms with Gasteiger partial charge >= 0.3 is 0 Å². The summed E-state index contributed by atoms with van der Waals surface area (Å²) in [6.45, 7) is 8.81. The van der Waals surface area contributed by atoms with E-state index in [1.807, 2.05) is 0 Å². The minimum absolute atomic E-state index is 0.547. The second-order valence-electron chi connectivity index (χ2n) is 5.04. The molecule has 13 heavy (non-hydrogen) atoms. The van der Waals surface area contributed by atoms with Crippen LogP contribution in [0.2, 0.25) is 0 Å². The smallest absolute Gasteiger partial charge is 0.0125 e. The van der Waals surface area contributed by atoms with Crippen molar-refractivity contribution in [1.82, 2.24) is 5.32 Å². The molecule has 1 aliphatic rings. The van der Waals surface area contributed by atoms with Crippen molar-refractivity contribution in [2.24, 2.45) is 17.1 Å². The zero-order chi connectivity index (χ0) is 9.90. The number of nitrogens with one attached hydrogen (secondary N) is 1. The molecule has 0 saturated heterocycles. The fourth-order valence-electron chi connectivity index (χ4n) is 1.84. The fraction of sp³-hybridized carbons (Fsp3) is 1.00. The summed E-state index contributed by atoms with van der Waals surface area (Å²) in [5, 5.41) is 3.60. The van der Waals surface area contributed by atoms with Crippen LogP contribution in [0.25, 0.3) is 0 Å². The first-order valence-electron chi connectivity index (χ1n) is 5.53. The summed E-state index contributed by atoms with van der Waals surface area (Å²) in [5.74, 6) is 0.682. The van der Waals surface area contributed by atoms with Gasteiger partial charge in [-0.1, -0.05) is 27.2 Å². The minimum atomic E-state index is 0.547. The van der Waals surface area contributed by atoms with Gasteiger partial charge in [0.15, 0.2) is 0 Å². The third kappa shape index (κ3) is 3.28. The quantitative estimate of drug-likeness (QED) is 0.660. The molecule has 0 aromatic heterocycles. The third-order valence-corrected chi connectivity index (χ3v) is 3.20. The van der Waals surface area contributed by atoms with Gasteiger partial charge in [-0.15, -0.1) is 0 Å². The van der Waals surface area contributed by atoms with Crippen LogP contribution in [0.4, 0.5) is 0 Å². The zero-order valence-corrected chi connectivity index (χ0v) is 9.27. The molecule has 1 rings (SSSR count). The first-order valence-corrected chi connectivity index (χ1v) is 5.53. The average Bonchev–Trinajstić information content (AvgIpc) is 2.68. The monoisotopic (exact) mass is 184 g/mol. The summed E-state index contributed by atoms with van der Waals surface area (Å²) < 4.78 is 0. The van der Waals surface area contributed by atoms with Crippen molar-refractivity contribution >= 4 is 0 Å². The Morgan fingerprint density at radius 1 is 1.54 bits per heavy atom. The maximum absolute atomic E-state index is 5.69. The molecule has 0 radical (unpaired) electrons. The molecule has 2 heteroatoms. The van der Waals surface area contributed by atoms with Gasteiger partial charge in [-0.2, -0.15) is 0 Å². The summed E-state index contributed by atoms with van der Waals surface area (Å²) in [6, 6.07) is 0.749. The lowest BCUT2D eigenvalue weighted by molar-refractivity contribution is 0.428. The molecule has 2 nitrogen and oxygen atoms in total. The lowest BCUT2D eigenvalue weighted by atomic mass is 10.0. The number of hydrogen-bond donors (Lipinski definition) is 2. The molecular weight excluding hydrogens is 160 g/mol. The van der Waals surface area contributed by atoms with Gasteiger partial charge in [-0.25, -0.2) is 0 Å². The molecule has 2 unspecified atom stereocenters. The van der Waals surface area contributed by atoms with Crippen LogP contribution in [0.3, 0.4) is 0 Å². The van der Waals surface area contributed by atoms with Crippen LogP contribution in [0.15, 0.2) is 0 Å². The van der Waals surface area contributed by atoms with Crippen molar-refractivity contribution < 1.29 is 0 Å². The normalized spacial score (nSPS) is 27.2. The van der Waals surface area contributed by atoms with E-state index in [-0.39, 0.29) is 0 Å². The van der Waals surface area contributed by atoms with E-state index >= 15 is 0 Å². The molecule has 0 amide bonds. The Bertz CT molecular complexity index is 154. The maximum atomic E-state index is 5.69. The van der Waals surface area contributed by atoms with Crippen LogP contribution >= 0.6 is 0 Å². The van der Waals surface area contributed by atoms with Crippen molar-refractivity contribution in [1.29, 1.82) is 0 Å². The molecule has 0 bridgehead atoms. The van der Waals surface area contributed by atoms with E-state index in [2.05, 4.69) is 26.1 Å². The summed E-state index contributed by atoms with van der Waals surface area (Å²) in [4.78, 5) is 0. The van der Waals surface area contributed by atoms with E-state index in [9.17, 15) is 0 Å². The standard InChI is InChI=1S/C11H24N2/c1-4-5-9(7-12)8-13-10-6-11(10,2)3/h9-10,13H,4-8,12H2,1-3H3. The Labute approximate surface area is 82.3 Å². The highest BCUT2D eigenvalue weighted by molar-refractivity contribution is 5.01. The Kier molecular flexibility index (Phi) is 3.74. The Balaban J connectivity index is 2.10. The van der Waals surface area contributed by atoms with Gasteiger partial charge < -0.3 is 11.1 Å². The van der Waals surface area contributed by atoms with Gasteiger partial charge in [0.1, 0.15) is 0 Å². The van der Waals surface area contributed by atoms with Crippen molar-refractivity contribution in [3.63, 3.8) is 0 Å². The molecule has 0 aliphatic heterocycles. The summed E-state index contributed by atoms with van der Waals surface area (Å²) in [7, 11) is 0. The van der Waals surface area contributed by atoms with Crippen LogP contribution in [-0.4, -0.2) is 19.1 Å². The van der Waals surface area contributed by atoms with Gasteiger partial charge in [0.05, 0.1) is 0 Å². The summed E-state index contributed by atoms with van der Waals surface area (Å²) in [5.41, 5.74) is 6.24. The second kappa shape index (κ2) is 4.43. The molecule has 1 fully saturated rings. The molecule has 0 spiro atoms. The first-order chi connectivity index (χ1) is 6.10. The highest BCUT2D eigenvalue weighted by atomic mass is 15.0. The van der Waals surface area contributed by atoms with Gasteiger partial charge in [-0.05, 0) is 37.3 Å². The van der Waals surface area contributed by atoms with E-state index in [0.717, 1.165) is 19.1 Å². The van der Waals surface area contributed by atoms with Crippen LogP contribution < -0.4 is 11.1 Å². The van der Waals surface area contributed by atoms with Gasteiger partial charge in [-0.3, -0.25) is 0 Å². The molecule has 0 aromatic carbocycles. The number of rotatable bonds is 6. The summed E-state index contributed by atoms with van der Waals surface area (Å²) >= 11 is 0. The third-order valence-electron chi connectivity index (χ3n) is 3.20. The van der Waals surface area contributed by atoms with Crippen LogP contribution in [0, 0.1) is 11.3 Å². The molecule has 0 heterocycles. The molecular formula is C11H24N2. The minimum Gasteiger partial charge on any atom is -0.330 e. The van der Waals surface area contributed by atoms with Crippen LogP contribution in [0.5, 0.6) is 0 Å². The Hall–Kier alpha value is -0.0800. The summed E-state index contributed by atoms with van der Waals surface area (Å²) in [6.07, 6.45) is 3.84. The van der Waals surface area contributed by atoms with Crippen molar-refractivity contribution in [2.75, 3.05) is 13.1 Å². The lowest BCUT2D eigenvalue weighted by Gasteiger charge is -2.15. The van der Waals surface area contributed by atoms with Crippen LogP contribution in [0.1, 0.15) is 40.0 Å². The van der Waals surface area contributed by atoms with E-state index < -0.39 is 0 Å². The SMILES string of the molecule is CCCC(CN)CNC1CC1(C)C. The predicted molar refractivity (Wildman–Crippen MR) is 57.6 cm³/mol. The molecule has 1 saturated carbocycles. The van der Waals surface area contributed by atoms with Crippen LogP contribution in [-0.2, 0) is 0 Å². The van der Waals surface area contributed by atoms with E-state index in [4.69, 9.17) is 5.73 Å². The van der Waals surface area contributed by atoms with Gasteiger partial charge in [0.25, 0.3) is 0 Å². The predicted octanol–water partition coefficient (Wildman–Crippen LogP) is 1.75. The highest BCUT2D eigenvalue weighted by Gasteiger charge is 2.45. The lowest BCUT2D eigenvalue weighted by Crippen LogP contribution is -2.31. The van der Waals surface area contributed by atoms with E-state index in [1.54, 1.807) is 0 Å². The molecule has 78 valence electrons. The van der Waals surface area contributed by atoms with E-state index in [0.29, 0.717) is 11.3 Å². The second-order valence-corrected chi connectivity index (χ2v) is 5.04. The zero-order valence-electron chi connectivity index (χ0n) is 9.27. The van der Waals surface area contributed by atoms with Gasteiger partial charge in [0.2, 0.25) is 0 Å². The molecule has 3 N–H and O–H groups in total. The topological polar surface area (TPSA) is 38.0 Å².